The second kappa shape index (κ2) is 7.66. The van der Waals surface area contributed by atoms with Crippen LogP contribution >= 0.6 is 12.4 Å². The van der Waals surface area contributed by atoms with Crippen LogP contribution in [0.1, 0.15) is 36.6 Å². The van der Waals surface area contributed by atoms with Crippen molar-refractivity contribution in [3.63, 3.8) is 0 Å². The number of nitrogens with one attached hydrogen (secondary N) is 1. The van der Waals surface area contributed by atoms with Gasteiger partial charge in [0.25, 0.3) is 0 Å². The predicted octanol–water partition coefficient (Wildman–Crippen LogP) is 4.33. The lowest BCUT2D eigenvalue weighted by Gasteiger charge is -2.20. The standard InChI is InChI=1S/C19H23NO.ClH/c1-14(20-15(2)17-6-4-3-5-7-17)12-16-8-9-19-18(13-16)10-11-21-19;/h3-9,13-15,20H,10-12H2,1-2H3;1H/t14?,15-;/m0./s1. The molecule has 0 spiro atoms. The molecule has 2 atom stereocenters. The van der Waals surface area contributed by atoms with E-state index in [1.165, 1.54) is 16.7 Å². The number of ether oxygens (including phenoxy) is 1. The summed E-state index contributed by atoms with van der Waals surface area (Å²) in [7, 11) is 0. The first-order valence-electron chi connectivity index (χ1n) is 7.78. The van der Waals surface area contributed by atoms with E-state index in [-0.39, 0.29) is 12.4 Å². The highest BCUT2D eigenvalue weighted by atomic mass is 35.5. The van der Waals surface area contributed by atoms with E-state index >= 15 is 0 Å². The summed E-state index contributed by atoms with van der Waals surface area (Å²) in [5.41, 5.74) is 4.09. The second-order valence-corrected chi connectivity index (χ2v) is 5.94. The van der Waals surface area contributed by atoms with Crippen molar-refractivity contribution in [1.29, 1.82) is 0 Å². The minimum Gasteiger partial charge on any atom is -0.493 e. The summed E-state index contributed by atoms with van der Waals surface area (Å²) in [5.74, 6) is 1.07. The van der Waals surface area contributed by atoms with Crippen molar-refractivity contribution in [2.75, 3.05) is 6.61 Å². The molecular formula is C19H24ClNO. The molecule has 0 fully saturated rings. The van der Waals surface area contributed by atoms with Gasteiger partial charge in [-0.05, 0) is 43.0 Å². The van der Waals surface area contributed by atoms with Crippen LogP contribution in [0.15, 0.2) is 48.5 Å². The monoisotopic (exact) mass is 317 g/mol. The van der Waals surface area contributed by atoms with E-state index < -0.39 is 0 Å². The van der Waals surface area contributed by atoms with Gasteiger partial charge in [-0.2, -0.15) is 0 Å². The van der Waals surface area contributed by atoms with Gasteiger partial charge in [-0.3, -0.25) is 0 Å². The van der Waals surface area contributed by atoms with Gasteiger partial charge in [0.05, 0.1) is 6.61 Å². The summed E-state index contributed by atoms with van der Waals surface area (Å²) in [4.78, 5) is 0. The number of hydrogen-bond donors (Lipinski definition) is 1. The molecule has 0 aliphatic carbocycles. The Kier molecular flexibility index (Phi) is 5.87. The molecule has 0 bridgehead atoms. The van der Waals surface area contributed by atoms with Crippen LogP contribution in [0.25, 0.3) is 0 Å². The molecule has 1 N–H and O–H groups in total. The molecular weight excluding hydrogens is 294 g/mol. The number of hydrogen-bond acceptors (Lipinski definition) is 2. The third kappa shape index (κ3) is 4.02. The summed E-state index contributed by atoms with van der Waals surface area (Å²) >= 11 is 0. The van der Waals surface area contributed by atoms with Gasteiger partial charge in [0.2, 0.25) is 0 Å². The molecule has 118 valence electrons. The zero-order chi connectivity index (χ0) is 14.7. The molecule has 0 saturated carbocycles. The van der Waals surface area contributed by atoms with Crippen molar-refractivity contribution in [2.45, 2.75) is 38.8 Å². The molecule has 3 rings (SSSR count). The first-order valence-corrected chi connectivity index (χ1v) is 7.78. The lowest BCUT2D eigenvalue weighted by atomic mass is 10.0. The molecule has 2 aromatic rings. The van der Waals surface area contributed by atoms with Crippen molar-refractivity contribution < 1.29 is 4.74 Å². The predicted molar refractivity (Wildman–Crippen MR) is 94.0 cm³/mol. The van der Waals surface area contributed by atoms with Gasteiger partial charge in [0.1, 0.15) is 5.75 Å². The van der Waals surface area contributed by atoms with Gasteiger partial charge < -0.3 is 10.1 Å². The molecule has 1 aliphatic heterocycles. The Bertz CT molecular complexity index is 600. The van der Waals surface area contributed by atoms with E-state index in [0.29, 0.717) is 12.1 Å². The van der Waals surface area contributed by atoms with E-state index in [1.807, 2.05) is 0 Å². The molecule has 0 amide bonds. The Morgan fingerprint density at radius 3 is 2.64 bits per heavy atom. The van der Waals surface area contributed by atoms with E-state index in [0.717, 1.165) is 25.2 Å². The lowest BCUT2D eigenvalue weighted by molar-refractivity contribution is 0.357. The molecule has 22 heavy (non-hydrogen) atoms. The van der Waals surface area contributed by atoms with Crippen LogP contribution in [0.2, 0.25) is 0 Å². The van der Waals surface area contributed by atoms with E-state index in [2.05, 4.69) is 67.7 Å². The van der Waals surface area contributed by atoms with Crippen molar-refractivity contribution in [1.82, 2.24) is 5.32 Å². The number of fused-ring (bicyclic) bond motifs is 1. The van der Waals surface area contributed by atoms with E-state index in [1.54, 1.807) is 0 Å². The fourth-order valence-corrected chi connectivity index (χ4v) is 3.04. The zero-order valence-electron chi connectivity index (χ0n) is 13.2. The Morgan fingerprint density at radius 2 is 1.86 bits per heavy atom. The van der Waals surface area contributed by atoms with Crippen molar-refractivity contribution >= 4 is 12.4 Å². The third-order valence-corrected chi connectivity index (χ3v) is 4.13. The minimum absolute atomic E-state index is 0. The van der Waals surface area contributed by atoms with Crippen LogP contribution in [0.4, 0.5) is 0 Å². The van der Waals surface area contributed by atoms with Gasteiger partial charge in [0, 0.05) is 18.5 Å². The molecule has 2 nitrogen and oxygen atoms in total. The Morgan fingerprint density at radius 1 is 1.09 bits per heavy atom. The summed E-state index contributed by atoms with van der Waals surface area (Å²) in [6.07, 6.45) is 2.09. The SMILES string of the molecule is CC(Cc1ccc2c(c1)CCO2)N[C@@H](C)c1ccccc1.Cl. The van der Waals surface area contributed by atoms with Gasteiger partial charge in [-0.25, -0.2) is 0 Å². The zero-order valence-corrected chi connectivity index (χ0v) is 14.0. The summed E-state index contributed by atoms with van der Waals surface area (Å²) in [5, 5.41) is 3.68. The van der Waals surface area contributed by atoms with Gasteiger partial charge >= 0.3 is 0 Å². The second-order valence-electron chi connectivity index (χ2n) is 5.94. The first-order chi connectivity index (χ1) is 10.2. The van der Waals surface area contributed by atoms with Crippen LogP contribution in [0.3, 0.4) is 0 Å². The van der Waals surface area contributed by atoms with Gasteiger partial charge in [0.15, 0.2) is 0 Å². The van der Waals surface area contributed by atoms with Crippen LogP contribution in [-0.2, 0) is 12.8 Å². The Balaban J connectivity index is 0.00000176. The maximum Gasteiger partial charge on any atom is 0.122 e. The lowest BCUT2D eigenvalue weighted by Crippen LogP contribution is -2.30. The molecule has 2 aromatic carbocycles. The molecule has 1 unspecified atom stereocenters. The highest BCUT2D eigenvalue weighted by molar-refractivity contribution is 5.85. The number of benzene rings is 2. The molecule has 0 saturated heterocycles. The number of rotatable bonds is 5. The largest absolute Gasteiger partial charge is 0.493 e. The smallest absolute Gasteiger partial charge is 0.122 e. The quantitative estimate of drug-likeness (QED) is 0.886. The average molecular weight is 318 g/mol. The van der Waals surface area contributed by atoms with Gasteiger partial charge in [-0.1, -0.05) is 42.5 Å². The topological polar surface area (TPSA) is 21.3 Å². The summed E-state index contributed by atoms with van der Waals surface area (Å²) in [6, 6.07) is 18.0. The maximum atomic E-state index is 5.57. The molecule has 0 aromatic heterocycles. The van der Waals surface area contributed by atoms with Crippen LogP contribution in [0.5, 0.6) is 5.75 Å². The Labute approximate surface area is 139 Å². The van der Waals surface area contributed by atoms with Crippen LogP contribution < -0.4 is 10.1 Å². The van der Waals surface area contributed by atoms with Crippen LogP contribution in [-0.4, -0.2) is 12.6 Å². The highest BCUT2D eigenvalue weighted by Crippen LogP contribution is 2.26. The average Bonchev–Trinajstić information content (AvgIpc) is 2.95. The molecule has 1 aliphatic rings. The summed E-state index contributed by atoms with van der Waals surface area (Å²) in [6.45, 7) is 5.31. The fourth-order valence-electron chi connectivity index (χ4n) is 3.04. The molecule has 3 heteroatoms. The Hall–Kier alpha value is -1.51. The van der Waals surface area contributed by atoms with Crippen molar-refractivity contribution in [2.24, 2.45) is 0 Å². The van der Waals surface area contributed by atoms with Crippen molar-refractivity contribution in [3.05, 3.63) is 65.2 Å². The fraction of sp³-hybridized carbons (Fsp3) is 0.368. The molecule has 1 heterocycles. The molecule has 0 radical (unpaired) electrons. The maximum absolute atomic E-state index is 5.57. The van der Waals surface area contributed by atoms with E-state index in [4.69, 9.17) is 4.74 Å². The number of halogens is 1. The first kappa shape index (κ1) is 16.9. The van der Waals surface area contributed by atoms with E-state index in [9.17, 15) is 0 Å². The minimum atomic E-state index is 0. The van der Waals surface area contributed by atoms with Gasteiger partial charge in [-0.15, -0.1) is 12.4 Å². The van der Waals surface area contributed by atoms with Crippen molar-refractivity contribution in [3.8, 4) is 5.75 Å². The third-order valence-electron chi connectivity index (χ3n) is 4.13. The highest BCUT2D eigenvalue weighted by Gasteiger charge is 2.14. The van der Waals surface area contributed by atoms with Crippen LogP contribution in [0, 0.1) is 0 Å². The normalized spacial score (nSPS) is 15.4. The summed E-state index contributed by atoms with van der Waals surface area (Å²) < 4.78 is 5.57.